The second kappa shape index (κ2) is 5.49. The van der Waals surface area contributed by atoms with Crippen LogP contribution in [0.2, 0.25) is 0 Å². The minimum absolute atomic E-state index is 0.0587. The average molecular weight is 462 g/mol. The monoisotopic (exact) mass is 462 g/mol. The van der Waals surface area contributed by atoms with Crippen LogP contribution in [0, 0.1) is 3.57 Å². The molecule has 0 heterocycles. The van der Waals surface area contributed by atoms with Crippen molar-refractivity contribution < 1.29 is 0 Å². The molecule has 0 atom stereocenters. The molecule has 0 amide bonds. The first-order valence-electron chi connectivity index (χ1n) is 5.92. The molecule has 0 saturated heterocycles. The summed E-state index contributed by atoms with van der Waals surface area (Å²) in [6.45, 7) is 8.57. The average Bonchev–Trinajstić information content (AvgIpc) is 2.54. The van der Waals surface area contributed by atoms with Gasteiger partial charge in [0.05, 0.1) is 0 Å². The molecule has 1 aliphatic rings. The van der Waals surface area contributed by atoms with Crippen LogP contribution >= 0.6 is 45.2 Å². The fourth-order valence-corrected chi connectivity index (χ4v) is 3.35. The number of rotatable bonds is 3. The van der Waals surface area contributed by atoms with Crippen LogP contribution in [-0.4, -0.2) is 4.43 Å². The van der Waals surface area contributed by atoms with E-state index in [0.29, 0.717) is 0 Å². The van der Waals surface area contributed by atoms with Gasteiger partial charge in [-0.2, -0.15) is 0 Å². The van der Waals surface area contributed by atoms with Gasteiger partial charge >= 0.3 is 0 Å². The number of alkyl halides is 1. The van der Waals surface area contributed by atoms with Crippen molar-refractivity contribution in [1.29, 1.82) is 0 Å². The zero-order valence-corrected chi connectivity index (χ0v) is 14.9. The molecular formula is C16H16I2. The minimum Gasteiger partial charge on any atom is -0.0987 e. The third-order valence-corrected chi connectivity index (χ3v) is 4.67. The highest BCUT2D eigenvalue weighted by atomic mass is 127. The summed E-state index contributed by atoms with van der Waals surface area (Å²) >= 11 is 4.75. The van der Waals surface area contributed by atoms with E-state index < -0.39 is 0 Å². The lowest BCUT2D eigenvalue weighted by atomic mass is 9.81. The molecule has 0 fully saturated rings. The van der Waals surface area contributed by atoms with Crippen molar-refractivity contribution in [3.63, 3.8) is 0 Å². The Morgan fingerprint density at radius 1 is 1.33 bits per heavy atom. The van der Waals surface area contributed by atoms with Crippen LogP contribution in [-0.2, 0) is 5.41 Å². The molecular weight excluding hydrogens is 446 g/mol. The summed E-state index contributed by atoms with van der Waals surface area (Å²) < 4.78 is 2.33. The van der Waals surface area contributed by atoms with Crippen molar-refractivity contribution in [2.45, 2.75) is 19.3 Å². The van der Waals surface area contributed by atoms with Gasteiger partial charge in [-0.05, 0) is 57.0 Å². The normalized spacial score (nSPS) is 17.3. The first-order valence-corrected chi connectivity index (χ1v) is 8.53. The van der Waals surface area contributed by atoms with Gasteiger partial charge in [0.1, 0.15) is 0 Å². The van der Waals surface area contributed by atoms with Crippen LogP contribution in [0.4, 0.5) is 0 Å². The van der Waals surface area contributed by atoms with Crippen LogP contribution in [0.15, 0.2) is 48.6 Å². The van der Waals surface area contributed by atoms with E-state index in [9.17, 15) is 0 Å². The zero-order chi connectivity index (χ0) is 13.3. The molecule has 2 heteroatoms. The van der Waals surface area contributed by atoms with Crippen molar-refractivity contribution in [3.05, 3.63) is 63.3 Å². The Labute approximate surface area is 137 Å². The second-order valence-electron chi connectivity index (χ2n) is 4.90. The smallest absolute Gasteiger partial charge is 0.0179 e. The largest absolute Gasteiger partial charge is 0.0987 e. The number of hydrogen-bond acceptors (Lipinski definition) is 0. The molecule has 0 radical (unpaired) electrons. The molecule has 1 aromatic rings. The van der Waals surface area contributed by atoms with Crippen molar-refractivity contribution >= 4 is 50.8 Å². The fraction of sp³-hybridized carbons (Fsp3) is 0.250. The van der Waals surface area contributed by atoms with Gasteiger partial charge in [-0.15, -0.1) is 0 Å². The highest BCUT2D eigenvalue weighted by Crippen LogP contribution is 2.47. The Morgan fingerprint density at radius 2 is 2.06 bits per heavy atom. The van der Waals surface area contributed by atoms with E-state index in [1.54, 1.807) is 0 Å². The highest BCUT2D eigenvalue weighted by molar-refractivity contribution is 14.1. The molecule has 0 N–H and O–H groups in total. The minimum atomic E-state index is 0.0587. The Morgan fingerprint density at radius 3 is 2.67 bits per heavy atom. The lowest BCUT2D eigenvalue weighted by Gasteiger charge is -2.22. The molecule has 0 bridgehead atoms. The Bertz CT molecular complexity index is 548. The van der Waals surface area contributed by atoms with Crippen LogP contribution < -0.4 is 0 Å². The Kier molecular flexibility index (Phi) is 4.36. The van der Waals surface area contributed by atoms with Crippen LogP contribution in [0.1, 0.15) is 25.0 Å². The lowest BCUT2D eigenvalue weighted by molar-refractivity contribution is 0.654. The van der Waals surface area contributed by atoms with Gasteiger partial charge in [-0.3, -0.25) is 0 Å². The maximum atomic E-state index is 4.01. The molecule has 1 aromatic carbocycles. The first kappa shape index (κ1) is 14.3. The summed E-state index contributed by atoms with van der Waals surface area (Å²) in [7, 11) is 0. The quantitative estimate of drug-likeness (QED) is 0.411. The zero-order valence-electron chi connectivity index (χ0n) is 10.6. The third kappa shape index (κ3) is 2.33. The summed E-state index contributed by atoms with van der Waals surface area (Å²) in [5.74, 6) is 0. The van der Waals surface area contributed by atoms with Crippen molar-refractivity contribution in [1.82, 2.24) is 0 Å². The lowest BCUT2D eigenvalue weighted by Crippen LogP contribution is -2.16. The molecule has 0 spiro atoms. The number of hydrogen-bond donors (Lipinski definition) is 0. The molecule has 18 heavy (non-hydrogen) atoms. The summed E-state index contributed by atoms with van der Waals surface area (Å²) in [6.07, 6.45) is 6.46. The molecule has 0 saturated carbocycles. The number of halogens is 2. The van der Waals surface area contributed by atoms with Gasteiger partial charge in [0.2, 0.25) is 0 Å². The van der Waals surface area contributed by atoms with Crippen LogP contribution in [0.3, 0.4) is 0 Å². The number of allylic oxidation sites excluding steroid dienone is 5. The SMILES string of the molecule is C=CC1=C(/C=C\CI)c2ccc(I)cc2C1(C)C. The molecule has 0 unspecified atom stereocenters. The predicted octanol–water partition coefficient (Wildman–Crippen LogP) is 5.51. The van der Waals surface area contributed by atoms with Gasteiger partial charge in [0.25, 0.3) is 0 Å². The van der Waals surface area contributed by atoms with E-state index >= 15 is 0 Å². The second-order valence-corrected chi connectivity index (χ2v) is 7.03. The molecule has 0 aliphatic heterocycles. The fourth-order valence-electron chi connectivity index (χ4n) is 2.60. The van der Waals surface area contributed by atoms with Gasteiger partial charge < -0.3 is 0 Å². The van der Waals surface area contributed by atoms with Gasteiger partial charge in [0, 0.05) is 13.4 Å². The van der Waals surface area contributed by atoms with Gasteiger partial charge in [-0.1, -0.05) is 67.3 Å². The van der Waals surface area contributed by atoms with Crippen LogP contribution in [0.25, 0.3) is 5.57 Å². The summed E-state index contributed by atoms with van der Waals surface area (Å²) in [4.78, 5) is 0. The van der Waals surface area contributed by atoms with E-state index in [-0.39, 0.29) is 5.41 Å². The maximum Gasteiger partial charge on any atom is 0.0179 e. The number of benzene rings is 1. The van der Waals surface area contributed by atoms with Gasteiger partial charge in [0.15, 0.2) is 0 Å². The first-order chi connectivity index (χ1) is 8.52. The number of fused-ring (bicyclic) bond motifs is 1. The van der Waals surface area contributed by atoms with E-state index in [1.165, 1.54) is 25.8 Å². The molecule has 0 aromatic heterocycles. The molecule has 2 rings (SSSR count). The Balaban J connectivity index is 2.68. The third-order valence-electron chi connectivity index (χ3n) is 3.49. The van der Waals surface area contributed by atoms with Crippen molar-refractivity contribution in [3.8, 4) is 0 Å². The van der Waals surface area contributed by atoms with E-state index in [4.69, 9.17) is 0 Å². The summed E-state index contributed by atoms with van der Waals surface area (Å²) in [6, 6.07) is 6.71. The van der Waals surface area contributed by atoms with Crippen LogP contribution in [0.5, 0.6) is 0 Å². The summed E-state index contributed by atoms with van der Waals surface area (Å²) in [5, 5.41) is 0. The maximum absolute atomic E-state index is 4.01. The summed E-state index contributed by atoms with van der Waals surface area (Å²) in [5.41, 5.74) is 5.50. The van der Waals surface area contributed by atoms with Crippen molar-refractivity contribution in [2.24, 2.45) is 0 Å². The predicted molar refractivity (Wildman–Crippen MR) is 97.3 cm³/mol. The topological polar surface area (TPSA) is 0 Å². The van der Waals surface area contributed by atoms with Gasteiger partial charge in [-0.25, -0.2) is 0 Å². The molecule has 0 nitrogen and oxygen atoms in total. The molecule has 1 aliphatic carbocycles. The standard InChI is InChI=1S/C16H16I2/c1-4-14-12(6-5-9-17)13-8-7-11(18)10-15(13)16(14,2)3/h4-8,10H,1,9H2,2-3H3/b6-5-. The van der Waals surface area contributed by atoms with Crippen molar-refractivity contribution in [2.75, 3.05) is 4.43 Å². The Hall–Kier alpha value is -0.100. The van der Waals surface area contributed by atoms with E-state index in [0.717, 1.165) is 4.43 Å². The van der Waals surface area contributed by atoms with E-state index in [2.05, 4.69) is 96.0 Å². The van der Waals surface area contributed by atoms with E-state index in [1.807, 2.05) is 6.08 Å². The highest BCUT2D eigenvalue weighted by Gasteiger charge is 2.35. The molecule has 94 valence electrons.